The molecular weight excluding hydrogens is 278 g/mol. The lowest BCUT2D eigenvalue weighted by atomic mass is 9.77. The molecule has 4 heteroatoms. The minimum absolute atomic E-state index is 0.132. The smallest absolute Gasteiger partial charge is 0.321 e. The highest BCUT2D eigenvalue weighted by Gasteiger charge is 2.49. The normalized spacial score (nSPS) is 20.7. The summed E-state index contributed by atoms with van der Waals surface area (Å²) in [4.78, 5) is 25.6. The number of ether oxygens (including phenoxy) is 1. The number of hydrogen-bond donors (Lipinski definition) is 0. The molecule has 3 rings (SSSR count). The molecule has 0 N–H and O–H groups in total. The Hall–Kier alpha value is -2.36. The second-order valence-electron chi connectivity index (χ2n) is 5.66. The highest BCUT2D eigenvalue weighted by atomic mass is 16.5. The Bertz CT molecular complexity index is 759. The van der Waals surface area contributed by atoms with Crippen molar-refractivity contribution >= 4 is 22.8 Å². The topological polar surface area (TPSA) is 48.3 Å². The largest absolute Gasteiger partial charge is 0.461 e. The van der Waals surface area contributed by atoms with Gasteiger partial charge in [0.2, 0.25) is 5.91 Å². The van der Waals surface area contributed by atoms with E-state index in [4.69, 9.17) is 4.74 Å². The molecule has 0 aliphatic carbocycles. The molecule has 1 atom stereocenters. The monoisotopic (exact) mass is 297 g/mol. The number of carbonyl (C=O) groups excluding carboxylic acids is 2. The lowest BCUT2D eigenvalue weighted by Gasteiger charge is -2.33. The van der Waals surface area contributed by atoms with Gasteiger partial charge < -0.3 is 4.74 Å². The number of carbonyl (C=O) groups is 2. The van der Waals surface area contributed by atoms with E-state index in [-0.39, 0.29) is 12.5 Å². The molecule has 2 heterocycles. The van der Waals surface area contributed by atoms with Gasteiger partial charge in [-0.25, -0.2) is 0 Å². The van der Waals surface area contributed by atoms with Crippen molar-refractivity contribution in [2.75, 3.05) is 6.61 Å². The molecule has 0 saturated heterocycles. The number of esters is 1. The van der Waals surface area contributed by atoms with Crippen LogP contribution in [0, 0.1) is 5.41 Å². The van der Waals surface area contributed by atoms with Gasteiger partial charge in [-0.05, 0) is 31.4 Å². The Morgan fingerprint density at radius 1 is 1.45 bits per heavy atom. The van der Waals surface area contributed by atoms with Crippen molar-refractivity contribution in [3.63, 3.8) is 0 Å². The standard InChI is InChI=1S/C18H19NO3/c1-3-11-22-17(21)18(4-2)10-9-14-12-13-7-5-6-8-15(13)19(14)16(18)20/h3,5-8,12H,1,4,9-11H2,2H3. The van der Waals surface area contributed by atoms with Crippen LogP contribution < -0.4 is 0 Å². The van der Waals surface area contributed by atoms with Crippen molar-refractivity contribution in [1.29, 1.82) is 0 Å². The highest BCUT2D eigenvalue weighted by molar-refractivity contribution is 6.08. The van der Waals surface area contributed by atoms with Gasteiger partial charge in [0.05, 0.1) is 5.52 Å². The van der Waals surface area contributed by atoms with Crippen molar-refractivity contribution in [3.05, 3.63) is 48.7 Å². The summed E-state index contributed by atoms with van der Waals surface area (Å²) in [6.07, 6.45) is 3.14. The molecule has 1 aliphatic rings. The minimum Gasteiger partial charge on any atom is -0.461 e. The van der Waals surface area contributed by atoms with Crippen LogP contribution in [-0.2, 0) is 16.0 Å². The first-order valence-electron chi connectivity index (χ1n) is 7.56. The number of para-hydroxylation sites is 1. The maximum absolute atomic E-state index is 13.1. The summed E-state index contributed by atoms with van der Waals surface area (Å²) in [6, 6.07) is 9.78. The van der Waals surface area contributed by atoms with Crippen molar-refractivity contribution in [1.82, 2.24) is 4.57 Å². The summed E-state index contributed by atoms with van der Waals surface area (Å²) >= 11 is 0. The minimum atomic E-state index is -1.09. The summed E-state index contributed by atoms with van der Waals surface area (Å²) in [5, 5.41) is 1.03. The summed E-state index contributed by atoms with van der Waals surface area (Å²) in [6.45, 7) is 5.54. The van der Waals surface area contributed by atoms with Gasteiger partial charge in [0.25, 0.3) is 0 Å². The van der Waals surface area contributed by atoms with E-state index < -0.39 is 11.4 Å². The van der Waals surface area contributed by atoms with Gasteiger partial charge >= 0.3 is 5.97 Å². The van der Waals surface area contributed by atoms with E-state index in [1.165, 1.54) is 6.08 Å². The third kappa shape index (κ3) is 1.98. The van der Waals surface area contributed by atoms with Gasteiger partial charge in [-0.2, -0.15) is 0 Å². The first-order chi connectivity index (χ1) is 10.6. The first-order valence-corrected chi connectivity index (χ1v) is 7.56. The van der Waals surface area contributed by atoms with E-state index in [1.807, 2.05) is 37.3 Å². The molecule has 1 aromatic carbocycles. The Morgan fingerprint density at radius 3 is 2.95 bits per heavy atom. The molecule has 0 bridgehead atoms. The molecule has 0 spiro atoms. The molecule has 0 fully saturated rings. The fourth-order valence-corrected chi connectivity index (χ4v) is 3.23. The summed E-state index contributed by atoms with van der Waals surface area (Å²) in [7, 11) is 0. The Balaban J connectivity index is 2.08. The van der Waals surface area contributed by atoms with Crippen LogP contribution in [0.4, 0.5) is 0 Å². The van der Waals surface area contributed by atoms with Gasteiger partial charge in [-0.15, -0.1) is 0 Å². The molecule has 0 radical (unpaired) electrons. The van der Waals surface area contributed by atoms with Crippen LogP contribution in [0.15, 0.2) is 43.0 Å². The molecule has 1 aromatic heterocycles. The maximum atomic E-state index is 13.1. The van der Waals surface area contributed by atoms with Crippen LogP contribution in [0.5, 0.6) is 0 Å². The molecule has 4 nitrogen and oxygen atoms in total. The van der Waals surface area contributed by atoms with Crippen molar-refractivity contribution in [2.24, 2.45) is 5.41 Å². The van der Waals surface area contributed by atoms with Crippen molar-refractivity contribution in [2.45, 2.75) is 26.2 Å². The third-order valence-electron chi connectivity index (χ3n) is 4.53. The summed E-state index contributed by atoms with van der Waals surface area (Å²) in [5.41, 5.74) is 0.737. The van der Waals surface area contributed by atoms with Gasteiger partial charge in [0.15, 0.2) is 0 Å². The zero-order valence-electron chi connectivity index (χ0n) is 12.7. The fourth-order valence-electron chi connectivity index (χ4n) is 3.23. The Kier molecular flexibility index (Phi) is 3.61. The van der Waals surface area contributed by atoms with Gasteiger partial charge in [-0.1, -0.05) is 37.8 Å². The van der Waals surface area contributed by atoms with E-state index in [9.17, 15) is 9.59 Å². The van der Waals surface area contributed by atoms with Crippen LogP contribution in [0.2, 0.25) is 0 Å². The number of aryl methyl sites for hydroxylation is 1. The molecule has 1 aliphatic heterocycles. The quantitative estimate of drug-likeness (QED) is 0.494. The Labute approximate surface area is 129 Å². The van der Waals surface area contributed by atoms with Gasteiger partial charge in [-0.3, -0.25) is 14.2 Å². The SMILES string of the molecule is C=CCOC(=O)C1(CC)CCc2cc3ccccc3n2C1=O. The van der Waals surface area contributed by atoms with Crippen LogP contribution in [0.3, 0.4) is 0 Å². The van der Waals surface area contributed by atoms with E-state index in [0.29, 0.717) is 19.3 Å². The van der Waals surface area contributed by atoms with Crippen LogP contribution in [0.1, 0.15) is 30.3 Å². The average molecular weight is 297 g/mol. The van der Waals surface area contributed by atoms with E-state index in [0.717, 1.165) is 16.6 Å². The average Bonchev–Trinajstić information content (AvgIpc) is 2.92. The lowest BCUT2D eigenvalue weighted by Crippen LogP contribution is -2.46. The van der Waals surface area contributed by atoms with Gasteiger partial charge in [0.1, 0.15) is 12.0 Å². The molecule has 0 saturated carbocycles. The van der Waals surface area contributed by atoms with Crippen molar-refractivity contribution in [3.8, 4) is 0 Å². The second-order valence-corrected chi connectivity index (χ2v) is 5.66. The number of benzene rings is 1. The number of nitrogens with zero attached hydrogens (tertiary/aromatic N) is 1. The van der Waals surface area contributed by atoms with Crippen LogP contribution in [0.25, 0.3) is 10.9 Å². The molecule has 2 aromatic rings. The Morgan fingerprint density at radius 2 is 2.23 bits per heavy atom. The lowest BCUT2D eigenvalue weighted by molar-refractivity contribution is -0.152. The number of aromatic nitrogens is 1. The summed E-state index contributed by atoms with van der Waals surface area (Å²) in [5.74, 6) is -0.616. The number of rotatable bonds is 4. The molecule has 114 valence electrons. The zero-order valence-corrected chi connectivity index (χ0v) is 12.7. The van der Waals surface area contributed by atoms with Gasteiger partial charge in [0, 0.05) is 11.1 Å². The highest BCUT2D eigenvalue weighted by Crippen LogP contribution is 2.39. The molecule has 22 heavy (non-hydrogen) atoms. The second kappa shape index (κ2) is 5.44. The van der Waals surface area contributed by atoms with Crippen LogP contribution in [-0.4, -0.2) is 23.1 Å². The zero-order chi connectivity index (χ0) is 15.7. The maximum Gasteiger partial charge on any atom is 0.321 e. The predicted molar refractivity (Wildman–Crippen MR) is 84.8 cm³/mol. The van der Waals surface area contributed by atoms with Crippen molar-refractivity contribution < 1.29 is 14.3 Å². The van der Waals surface area contributed by atoms with E-state index in [2.05, 4.69) is 6.58 Å². The van der Waals surface area contributed by atoms with Crippen LogP contribution >= 0.6 is 0 Å². The molecular formula is C18H19NO3. The number of hydrogen-bond acceptors (Lipinski definition) is 3. The first kappa shape index (κ1) is 14.6. The third-order valence-corrected chi connectivity index (χ3v) is 4.53. The summed E-state index contributed by atoms with van der Waals surface area (Å²) < 4.78 is 6.90. The number of fused-ring (bicyclic) bond motifs is 3. The van der Waals surface area contributed by atoms with E-state index in [1.54, 1.807) is 4.57 Å². The molecule has 0 amide bonds. The predicted octanol–water partition coefficient (Wildman–Crippen LogP) is 3.35. The molecule has 1 unspecified atom stereocenters. The van der Waals surface area contributed by atoms with E-state index >= 15 is 0 Å². The fraction of sp³-hybridized carbons (Fsp3) is 0.333.